The van der Waals surface area contributed by atoms with Gasteiger partial charge in [-0.2, -0.15) is 0 Å². The molecule has 1 aromatic heterocycles. The predicted molar refractivity (Wildman–Crippen MR) is 117 cm³/mol. The van der Waals surface area contributed by atoms with Gasteiger partial charge < -0.3 is 4.98 Å². The molecule has 28 heavy (non-hydrogen) atoms. The number of rotatable bonds is 1. The van der Waals surface area contributed by atoms with Crippen LogP contribution in [-0.2, 0) is 9.59 Å². The molecule has 1 saturated heterocycles. The molecule has 4 atom stereocenters. The molecule has 5 rings (SSSR count). The van der Waals surface area contributed by atoms with Crippen LogP contribution in [0.2, 0.25) is 0 Å². The summed E-state index contributed by atoms with van der Waals surface area (Å²) < 4.78 is -0.465. The number of carbonyl (C=O) groups excluding carboxylic acids is 2. The monoisotopic (exact) mass is 532 g/mol. The molecule has 4 nitrogen and oxygen atoms in total. The fraction of sp³-hybridized carbons (Fsp3) is 0.312. The zero-order chi connectivity index (χ0) is 20.4. The van der Waals surface area contributed by atoms with E-state index in [2.05, 4.69) is 4.98 Å². The Morgan fingerprint density at radius 1 is 1.00 bits per heavy atom. The Hall–Kier alpha value is -0.0500. The summed E-state index contributed by atoms with van der Waals surface area (Å²) >= 11 is 45.4. The van der Waals surface area contributed by atoms with Gasteiger partial charge in [-0.15, -0.1) is 34.5 Å². The van der Waals surface area contributed by atoms with Crippen LogP contribution < -0.4 is 4.90 Å². The standard InChI is InChI=1S/C16H6Cl6N2O2S2/c17-9-10(18)15(20)8-7(14(9,19)16(15,21)22)11(25)24(12(8)26)4-1-2-6-5(3-4)23-13(27)28-6/h1-3,7-8H,(H,23,27)/t7-,8-,14-,15-/m1/s1. The average Bonchev–Trinajstić information content (AvgIpc) is 3.19. The number of allylic oxidation sites excluding steroid dienone is 2. The van der Waals surface area contributed by atoms with E-state index in [0.717, 1.165) is 9.60 Å². The number of aromatic nitrogens is 1. The minimum absolute atomic E-state index is 0.113. The molecule has 2 amide bonds. The van der Waals surface area contributed by atoms with Crippen LogP contribution in [0.1, 0.15) is 0 Å². The molecule has 0 radical (unpaired) electrons. The van der Waals surface area contributed by atoms with Crippen molar-refractivity contribution in [3.63, 3.8) is 0 Å². The quantitative estimate of drug-likeness (QED) is 0.281. The minimum atomic E-state index is -1.94. The van der Waals surface area contributed by atoms with E-state index in [0.29, 0.717) is 15.2 Å². The highest BCUT2D eigenvalue weighted by Crippen LogP contribution is 2.77. The van der Waals surface area contributed by atoms with Gasteiger partial charge >= 0.3 is 0 Å². The number of amides is 2. The lowest BCUT2D eigenvalue weighted by Gasteiger charge is -2.34. The summed E-state index contributed by atoms with van der Waals surface area (Å²) in [6, 6.07) is 5.07. The first kappa shape index (κ1) is 19.9. The van der Waals surface area contributed by atoms with Crippen LogP contribution in [0, 0.1) is 15.8 Å². The SMILES string of the molecule is O=C1[C@H]2[C@H](C(=O)N1c1ccc3sc(=S)[nH]c3c1)[C@@]1(Cl)C(Cl)=C(Cl)[C@@]2(Cl)C1(Cl)Cl. The Morgan fingerprint density at radius 3 is 2.07 bits per heavy atom. The Labute approximate surface area is 197 Å². The molecule has 1 aromatic carbocycles. The lowest BCUT2D eigenvalue weighted by molar-refractivity contribution is -0.123. The number of imide groups is 1. The van der Waals surface area contributed by atoms with Gasteiger partial charge in [0, 0.05) is 0 Å². The lowest BCUT2D eigenvalue weighted by Crippen LogP contribution is -2.50. The number of benzene rings is 1. The molecule has 2 aliphatic carbocycles. The van der Waals surface area contributed by atoms with Crippen molar-refractivity contribution in [3.8, 4) is 0 Å². The van der Waals surface area contributed by atoms with E-state index < -0.39 is 37.7 Å². The van der Waals surface area contributed by atoms with Crippen LogP contribution in [0.15, 0.2) is 28.3 Å². The van der Waals surface area contributed by atoms with Crippen molar-refractivity contribution >= 4 is 121 Å². The molecule has 3 aliphatic rings. The van der Waals surface area contributed by atoms with E-state index in [-0.39, 0.29) is 10.1 Å². The first-order valence-electron chi connectivity index (χ1n) is 7.80. The van der Waals surface area contributed by atoms with E-state index in [4.69, 9.17) is 81.8 Å². The molecule has 146 valence electrons. The molecule has 1 saturated carbocycles. The number of nitrogens with zero attached hydrogens (tertiary/aromatic N) is 1. The van der Waals surface area contributed by atoms with Crippen molar-refractivity contribution in [2.24, 2.45) is 11.8 Å². The number of hydrogen-bond donors (Lipinski definition) is 1. The second-order valence-electron chi connectivity index (χ2n) is 6.79. The highest BCUT2D eigenvalue weighted by Gasteiger charge is 2.87. The summed E-state index contributed by atoms with van der Waals surface area (Å²) in [6.45, 7) is 0. The van der Waals surface area contributed by atoms with Crippen molar-refractivity contribution in [3.05, 3.63) is 32.2 Å². The summed E-state index contributed by atoms with van der Waals surface area (Å²) in [5, 5.41) is -0.227. The normalized spacial score (nSPS) is 36.1. The number of carbonyl (C=O) groups is 2. The van der Waals surface area contributed by atoms with Crippen LogP contribution in [0.3, 0.4) is 0 Å². The van der Waals surface area contributed by atoms with Crippen LogP contribution in [-0.4, -0.2) is 30.9 Å². The number of halogens is 6. The Morgan fingerprint density at radius 2 is 1.54 bits per heavy atom. The Balaban J connectivity index is 1.69. The second kappa shape index (κ2) is 5.80. The summed E-state index contributed by atoms with van der Waals surface area (Å²) in [4.78, 5) is 27.0. The maximum atomic E-state index is 13.3. The first-order chi connectivity index (χ1) is 13.0. The molecule has 12 heteroatoms. The van der Waals surface area contributed by atoms with Crippen LogP contribution >= 0.6 is 93.2 Å². The average molecular weight is 535 g/mol. The zero-order valence-corrected chi connectivity index (χ0v) is 19.4. The maximum Gasteiger partial charge on any atom is 0.240 e. The molecule has 1 aliphatic heterocycles. The number of thiazole rings is 1. The smallest absolute Gasteiger partial charge is 0.240 e. The number of H-pyrrole nitrogens is 1. The van der Waals surface area contributed by atoms with E-state index in [1.54, 1.807) is 18.2 Å². The number of fused-ring (bicyclic) bond motifs is 6. The Bertz CT molecular complexity index is 1160. The summed E-state index contributed by atoms with van der Waals surface area (Å²) in [5.41, 5.74) is 1.05. The van der Waals surface area contributed by atoms with E-state index >= 15 is 0 Å². The van der Waals surface area contributed by atoms with Crippen molar-refractivity contribution < 1.29 is 9.59 Å². The molecule has 0 spiro atoms. The highest BCUT2D eigenvalue weighted by atomic mass is 35.5. The number of aromatic amines is 1. The van der Waals surface area contributed by atoms with Gasteiger partial charge in [-0.1, -0.05) is 46.4 Å². The summed E-state index contributed by atoms with van der Waals surface area (Å²) in [7, 11) is 0. The molecular weight excluding hydrogens is 529 g/mol. The van der Waals surface area contributed by atoms with E-state index in [1.807, 2.05) is 0 Å². The molecule has 0 unspecified atom stereocenters. The van der Waals surface area contributed by atoms with Crippen molar-refractivity contribution in [1.82, 2.24) is 4.98 Å². The van der Waals surface area contributed by atoms with Gasteiger partial charge in [0.2, 0.25) is 11.8 Å². The van der Waals surface area contributed by atoms with E-state index in [1.165, 1.54) is 11.3 Å². The first-order valence-corrected chi connectivity index (χ1v) is 11.3. The number of hydrogen-bond acceptors (Lipinski definition) is 4. The maximum absolute atomic E-state index is 13.3. The minimum Gasteiger partial charge on any atom is -0.337 e. The molecule has 2 aromatic rings. The Kier molecular flexibility index (Phi) is 4.12. The predicted octanol–water partition coefficient (Wildman–Crippen LogP) is 5.91. The number of alkyl halides is 4. The fourth-order valence-electron chi connectivity index (χ4n) is 4.33. The van der Waals surface area contributed by atoms with Crippen LogP contribution in [0.25, 0.3) is 10.2 Å². The van der Waals surface area contributed by atoms with Gasteiger partial charge in [-0.05, 0) is 30.4 Å². The van der Waals surface area contributed by atoms with Crippen molar-refractivity contribution in [1.29, 1.82) is 0 Å². The van der Waals surface area contributed by atoms with Gasteiger partial charge in [0.1, 0.15) is 9.75 Å². The molecule has 1 N–H and O–H groups in total. The summed E-state index contributed by atoms with van der Waals surface area (Å²) in [6.07, 6.45) is 0. The van der Waals surface area contributed by atoms with Gasteiger partial charge in [0.05, 0.1) is 37.8 Å². The third-order valence-electron chi connectivity index (χ3n) is 5.57. The van der Waals surface area contributed by atoms with Crippen molar-refractivity contribution in [2.75, 3.05) is 4.90 Å². The van der Waals surface area contributed by atoms with Gasteiger partial charge in [-0.3, -0.25) is 9.59 Å². The summed E-state index contributed by atoms with van der Waals surface area (Å²) in [5.74, 6) is -3.48. The van der Waals surface area contributed by atoms with E-state index in [9.17, 15) is 9.59 Å². The largest absolute Gasteiger partial charge is 0.337 e. The highest BCUT2D eigenvalue weighted by molar-refractivity contribution is 7.73. The van der Waals surface area contributed by atoms with Gasteiger partial charge in [-0.25, -0.2) is 4.90 Å². The molecule has 2 bridgehead atoms. The van der Waals surface area contributed by atoms with Gasteiger partial charge in [0.25, 0.3) is 0 Å². The van der Waals surface area contributed by atoms with Crippen molar-refractivity contribution in [2.45, 2.75) is 14.1 Å². The molecule has 2 heterocycles. The van der Waals surface area contributed by atoms with Gasteiger partial charge in [0.15, 0.2) is 8.29 Å². The van der Waals surface area contributed by atoms with Crippen LogP contribution in [0.4, 0.5) is 5.69 Å². The topological polar surface area (TPSA) is 53.2 Å². The second-order valence-corrected chi connectivity index (χ2v) is 11.8. The molecule has 2 fully saturated rings. The third-order valence-corrected chi connectivity index (χ3v) is 11.0. The number of anilines is 1. The zero-order valence-electron chi connectivity index (χ0n) is 13.2. The molecular formula is C16H6Cl6N2O2S2. The van der Waals surface area contributed by atoms with Crippen LogP contribution in [0.5, 0.6) is 0 Å². The third kappa shape index (κ3) is 1.95. The number of nitrogens with one attached hydrogen (secondary N) is 1. The lowest BCUT2D eigenvalue weighted by atomic mass is 9.84. The fourth-order valence-corrected chi connectivity index (χ4v) is 8.35.